The topological polar surface area (TPSA) is 38.8 Å². The lowest BCUT2D eigenvalue weighted by molar-refractivity contribution is -0.165. The Labute approximate surface area is 119 Å². The van der Waals surface area contributed by atoms with Crippen LogP contribution in [-0.2, 0) is 14.3 Å². The lowest BCUT2D eigenvalue weighted by Gasteiger charge is -2.23. The number of carbonyl (C=O) groups is 1. The Morgan fingerprint density at radius 2 is 2.11 bits per heavy atom. The maximum absolute atomic E-state index is 11.6. The minimum absolute atomic E-state index is 0.0775. The monoisotopic (exact) mass is 297 g/mol. The molecule has 0 heterocycles. The Morgan fingerprint density at radius 1 is 1.44 bits per heavy atom. The van der Waals surface area contributed by atoms with Crippen molar-refractivity contribution in [2.45, 2.75) is 37.8 Å². The summed E-state index contributed by atoms with van der Waals surface area (Å²) in [5, 5.41) is 0. The zero-order valence-electron chi connectivity index (χ0n) is 10.9. The molecule has 0 N–H and O–H groups in total. The number of rotatable bonds is 10. The molecular formula is C12H21Cl2NO3. The van der Waals surface area contributed by atoms with Crippen LogP contribution in [0.3, 0.4) is 0 Å². The molecule has 0 aromatic carbocycles. The van der Waals surface area contributed by atoms with E-state index in [0.29, 0.717) is 13.2 Å². The lowest BCUT2D eigenvalue weighted by atomic mass is 10.4. The standard InChI is InChI=1S/C12H21Cl2NO3/c1-4-6-8-17-10(3)18-9-15(7-5-2)12(16)11(13)14/h5,10-11H,2,4,6-9H2,1,3H3. The highest BCUT2D eigenvalue weighted by Gasteiger charge is 2.20. The Kier molecular flexibility index (Phi) is 10.4. The average Bonchev–Trinajstić information content (AvgIpc) is 2.33. The van der Waals surface area contributed by atoms with Gasteiger partial charge in [-0.05, 0) is 13.3 Å². The molecule has 1 amide bonds. The number of hydrogen-bond acceptors (Lipinski definition) is 3. The van der Waals surface area contributed by atoms with E-state index in [1.54, 1.807) is 13.0 Å². The van der Waals surface area contributed by atoms with Crippen molar-refractivity contribution in [3.05, 3.63) is 12.7 Å². The van der Waals surface area contributed by atoms with Crippen LogP contribution in [0, 0.1) is 0 Å². The van der Waals surface area contributed by atoms with Gasteiger partial charge in [0.15, 0.2) is 11.1 Å². The molecule has 0 aliphatic heterocycles. The third-order valence-corrected chi connectivity index (χ3v) is 2.54. The summed E-state index contributed by atoms with van der Waals surface area (Å²) in [7, 11) is 0. The molecule has 18 heavy (non-hydrogen) atoms. The first-order valence-electron chi connectivity index (χ1n) is 5.94. The van der Waals surface area contributed by atoms with E-state index in [-0.39, 0.29) is 13.0 Å². The van der Waals surface area contributed by atoms with Crippen LogP contribution in [-0.4, -0.2) is 41.8 Å². The van der Waals surface area contributed by atoms with Crippen molar-refractivity contribution in [3.63, 3.8) is 0 Å². The predicted octanol–water partition coefficient (Wildman–Crippen LogP) is 2.94. The third-order valence-electron chi connectivity index (χ3n) is 2.16. The van der Waals surface area contributed by atoms with Crippen LogP contribution in [0.1, 0.15) is 26.7 Å². The van der Waals surface area contributed by atoms with Gasteiger partial charge in [0, 0.05) is 13.2 Å². The fourth-order valence-electron chi connectivity index (χ4n) is 1.14. The van der Waals surface area contributed by atoms with Crippen LogP contribution in [0.15, 0.2) is 12.7 Å². The highest BCUT2D eigenvalue weighted by Crippen LogP contribution is 2.08. The Morgan fingerprint density at radius 3 is 2.61 bits per heavy atom. The molecule has 0 aliphatic carbocycles. The van der Waals surface area contributed by atoms with Gasteiger partial charge in [-0.25, -0.2) is 0 Å². The number of amides is 1. The predicted molar refractivity (Wildman–Crippen MR) is 73.7 cm³/mol. The molecule has 0 spiro atoms. The van der Waals surface area contributed by atoms with E-state index in [2.05, 4.69) is 13.5 Å². The molecule has 106 valence electrons. The maximum Gasteiger partial charge on any atom is 0.257 e. The molecule has 0 aliphatic rings. The molecular weight excluding hydrogens is 277 g/mol. The minimum Gasteiger partial charge on any atom is -0.353 e. The van der Waals surface area contributed by atoms with Crippen LogP contribution >= 0.6 is 23.2 Å². The number of alkyl halides is 2. The lowest BCUT2D eigenvalue weighted by Crippen LogP contribution is -2.38. The van der Waals surface area contributed by atoms with Gasteiger partial charge in [0.05, 0.1) is 0 Å². The van der Waals surface area contributed by atoms with Crippen LogP contribution in [0.2, 0.25) is 0 Å². The van der Waals surface area contributed by atoms with E-state index < -0.39 is 10.7 Å². The fourth-order valence-corrected chi connectivity index (χ4v) is 1.41. The van der Waals surface area contributed by atoms with Gasteiger partial charge in [-0.1, -0.05) is 42.6 Å². The van der Waals surface area contributed by atoms with Crippen LogP contribution < -0.4 is 0 Å². The van der Waals surface area contributed by atoms with Crippen molar-refractivity contribution in [1.29, 1.82) is 0 Å². The third kappa shape index (κ3) is 7.93. The van der Waals surface area contributed by atoms with Crippen LogP contribution in [0.4, 0.5) is 0 Å². The van der Waals surface area contributed by atoms with Crippen molar-refractivity contribution in [3.8, 4) is 0 Å². The van der Waals surface area contributed by atoms with Gasteiger partial charge in [0.1, 0.15) is 6.73 Å². The molecule has 0 bridgehead atoms. The minimum atomic E-state index is -1.09. The summed E-state index contributed by atoms with van der Waals surface area (Å²) in [5.74, 6) is -0.404. The summed E-state index contributed by atoms with van der Waals surface area (Å²) in [4.78, 5) is 11.9. The molecule has 0 fully saturated rings. The smallest absolute Gasteiger partial charge is 0.257 e. The second-order valence-corrected chi connectivity index (χ2v) is 4.83. The second-order valence-electron chi connectivity index (χ2n) is 3.74. The van der Waals surface area contributed by atoms with E-state index in [1.165, 1.54) is 4.90 Å². The number of unbranched alkanes of at least 4 members (excludes halogenated alkanes) is 1. The summed E-state index contributed by atoms with van der Waals surface area (Å²) >= 11 is 11.1. The fraction of sp³-hybridized carbons (Fsp3) is 0.750. The Bertz CT molecular complexity index is 249. The van der Waals surface area contributed by atoms with E-state index in [0.717, 1.165) is 12.8 Å². The molecule has 0 rings (SSSR count). The number of halogens is 2. The van der Waals surface area contributed by atoms with Crippen molar-refractivity contribution >= 4 is 29.1 Å². The van der Waals surface area contributed by atoms with Gasteiger partial charge in [0.2, 0.25) is 0 Å². The summed E-state index contributed by atoms with van der Waals surface area (Å²) < 4.78 is 10.8. The molecule has 0 saturated carbocycles. The van der Waals surface area contributed by atoms with Crippen LogP contribution in [0.25, 0.3) is 0 Å². The number of hydrogen-bond donors (Lipinski definition) is 0. The summed E-state index contributed by atoms with van der Waals surface area (Å²) in [6.45, 7) is 8.48. The first kappa shape index (κ1) is 17.7. The zero-order valence-corrected chi connectivity index (χ0v) is 12.4. The van der Waals surface area contributed by atoms with Gasteiger partial charge in [-0.2, -0.15) is 0 Å². The molecule has 0 saturated heterocycles. The van der Waals surface area contributed by atoms with Crippen molar-refractivity contribution in [2.75, 3.05) is 19.9 Å². The van der Waals surface area contributed by atoms with Crippen molar-refractivity contribution < 1.29 is 14.3 Å². The first-order valence-corrected chi connectivity index (χ1v) is 6.81. The zero-order chi connectivity index (χ0) is 14.0. The molecule has 1 unspecified atom stereocenters. The van der Waals surface area contributed by atoms with Crippen molar-refractivity contribution in [2.24, 2.45) is 0 Å². The highest BCUT2D eigenvalue weighted by atomic mass is 35.5. The first-order chi connectivity index (χ1) is 8.52. The molecule has 0 radical (unpaired) electrons. The molecule has 4 nitrogen and oxygen atoms in total. The number of ether oxygens (including phenoxy) is 2. The summed E-state index contributed by atoms with van der Waals surface area (Å²) in [5.41, 5.74) is 0. The largest absolute Gasteiger partial charge is 0.353 e. The van der Waals surface area contributed by atoms with Gasteiger partial charge in [0.25, 0.3) is 5.91 Å². The van der Waals surface area contributed by atoms with E-state index in [4.69, 9.17) is 32.7 Å². The van der Waals surface area contributed by atoms with Crippen molar-refractivity contribution in [1.82, 2.24) is 4.90 Å². The van der Waals surface area contributed by atoms with Gasteiger partial charge < -0.3 is 14.4 Å². The maximum atomic E-state index is 11.6. The quantitative estimate of drug-likeness (QED) is 0.269. The van der Waals surface area contributed by atoms with Crippen LogP contribution in [0.5, 0.6) is 0 Å². The summed E-state index contributed by atoms with van der Waals surface area (Å²) in [6.07, 6.45) is 3.25. The van der Waals surface area contributed by atoms with E-state index >= 15 is 0 Å². The highest BCUT2D eigenvalue weighted by molar-refractivity contribution is 6.53. The molecule has 0 aromatic rings. The normalized spacial score (nSPS) is 12.5. The summed E-state index contributed by atoms with van der Waals surface area (Å²) in [6, 6.07) is 0. The Balaban J connectivity index is 4.02. The van der Waals surface area contributed by atoms with Gasteiger partial charge >= 0.3 is 0 Å². The molecule has 1 atom stereocenters. The Hall–Kier alpha value is -0.290. The average molecular weight is 298 g/mol. The number of nitrogens with zero attached hydrogens (tertiary/aromatic N) is 1. The second kappa shape index (κ2) is 10.6. The number of carbonyl (C=O) groups excluding carboxylic acids is 1. The van der Waals surface area contributed by atoms with Gasteiger partial charge in [-0.3, -0.25) is 4.79 Å². The molecule has 0 aromatic heterocycles. The molecule has 6 heteroatoms. The van der Waals surface area contributed by atoms with Gasteiger partial charge in [-0.15, -0.1) is 6.58 Å². The SMILES string of the molecule is C=CCN(COC(C)OCCCC)C(=O)C(Cl)Cl. The van der Waals surface area contributed by atoms with E-state index in [9.17, 15) is 4.79 Å². The van der Waals surface area contributed by atoms with E-state index in [1.807, 2.05) is 0 Å².